The third kappa shape index (κ3) is 1.87. The van der Waals surface area contributed by atoms with Crippen molar-refractivity contribution in [2.45, 2.75) is 0 Å². The zero-order valence-corrected chi connectivity index (χ0v) is 3.27. The Morgan fingerprint density at radius 2 is 2.33 bits per heavy atom. The summed E-state index contributed by atoms with van der Waals surface area (Å²) in [6.07, 6.45) is 0. The number of carbonyl (C=O) groups excluding carboxylic acids is 1. The summed E-state index contributed by atoms with van der Waals surface area (Å²) in [5, 5.41) is 7.87. The van der Waals surface area contributed by atoms with E-state index in [1.165, 1.54) is 0 Å². The van der Waals surface area contributed by atoms with Crippen LogP contribution in [0.2, 0.25) is 0 Å². The number of carbonyl (C=O) groups is 1. The van der Waals surface area contributed by atoms with Gasteiger partial charge in [-0.2, -0.15) is 0 Å². The Labute approximate surface area is 35.8 Å². The topological polar surface area (TPSA) is 61.1 Å². The SMILES string of the molecule is [NH]CC(=O)CO. The van der Waals surface area contributed by atoms with Crippen molar-refractivity contribution < 1.29 is 9.90 Å². The van der Waals surface area contributed by atoms with Crippen molar-refractivity contribution in [3.63, 3.8) is 0 Å². The molecule has 0 spiro atoms. The smallest absolute Gasteiger partial charge is 0.173 e. The number of nitrogens with one attached hydrogen (secondary N) is 1. The van der Waals surface area contributed by atoms with Crippen LogP contribution in [-0.4, -0.2) is 24.0 Å². The quantitative estimate of drug-likeness (QED) is 0.462. The van der Waals surface area contributed by atoms with Crippen LogP contribution in [0.5, 0.6) is 0 Å². The van der Waals surface area contributed by atoms with Gasteiger partial charge in [0.1, 0.15) is 6.61 Å². The lowest BCUT2D eigenvalue weighted by Crippen LogP contribution is -2.08. The summed E-state index contributed by atoms with van der Waals surface area (Å²) in [7, 11) is 0. The monoisotopic (exact) mass is 88.0 g/mol. The zero-order chi connectivity index (χ0) is 4.99. The minimum absolute atomic E-state index is 0.309. The van der Waals surface area contributed by atoms with Gasteiger partial charge in [-0.3, -0.25) is 4.79 Å². The number of aliphatic hydroxyl groups excluding tert-OH is 1. The molecule has 3 heteroatoms. The second-order valence-corrected chi connectivity index (χ2v) is 0.874. The van der Waals surface area contributed by atoms with Gasteiger partial charge in [0.05, 0.1) is 6.54 Å². The molecule has 0 aromatic rings. The summed E-state index contributed by atoms with van der Waals surface area (Å²) in [5.41, 5.74) is 6.30. The van der Waals surface area contributed by atoms with E-state index in [-0.39, 0.29) is 6.54 Å². The Kier molecular flexibility index (Phi) is 2.62. The highest BCUT2D eigenvalue weighted by molar-refractivity contribution is 5.80. The molecule has 0 saturated heterocycles. The number of rotatable bonds is 2. The molecular formula is C3H6NO2. The molecule has 0 atom stereocenters. The molecule has 1 radical (unpaired) electrons. The van der Waals surface area contributed by atoms with Crippen LogP contribution in [0.4, 0.5) is 0 Å². The minimum atomic E-state index is -0.497. The second-order valence-electron chi connectivity index (χ2n) is 0.874. The highest BCUT2D eigenvalue weighted by atomic mass is 16.3. The van der Waals surface area contributed by atoms with Crippen molar-refractivity contribution in [3.8, 4) is 0 Å². The molecule has 0 amide bonds. The lowest BCUT2D eigenvalue weighted by Gasteiger charge is -1.80. The molecule has 0 bridgehead atoms. The third-order valence-electron chi connectivity index (χ3n) is 0.374. The lowest BCUT2D eigenvalue weighted by molar-refractivity contribution is -0.120. The van der Waals surface area contributed by atoms with E-state index in [1.54, 1.807) is 0 Å². The molecule has 2 N–H and O–H groups in total. The first-order valence-corrected chi connectivity index (χ1v) is 1.58. The number of Topliss-reactive ketones (excluding diaryl/α,β-unsaturated/α-hetero) is 1. The molecule has 0 unspecified atom stereocenters. The van der Waals surface area contributed by atoms with Crippen molar-refractivity contribution in [3.05, 3.63) is 0 Å². The second kappa shape index (κ2) is 2.81. The molecule has 0 heterocycles. The predicted molar refractivity (Wildman–Crippen MR) is 20.1 cm³/mol. The Bertz CT molecular complexity index is 46.8. The number of aliphatic hydroxyl groups is 1. The van der Waals surface area contributed by atoms with E-state index in [4.69, 9.17) is 10.8 Å². The summed E-state index contributed by atoms with van der Waals surface area (Å²) in [6, 6.07) is 0. The van der Waals surface area contributed by atoms with Gasteiger partial charge in [0.15, 0.2) is 5.78 Å². The first-order valence-electron chi connectivity index (χ1n) is 1.58. The van der Waals surface area contributed by atoms with E-state index in [9.17, 15) is 4.79 Å². The molecular weight excluding hydrogens is 82.0 g/mol. The van der Waals surface area contributed by atoms with Crippen molar-refractivity contribution >= 4 is 5.78 Å². The highest BCUT2D eigenvalue weighted by Gasteiger charge is 1.89. The number of hydrogen-bond donors (Lipinski definition) is 1. The standard InChI is InChI=1S/C3H6NO2/c4-1-3(6)2-5/h4-5H,1-2H2. The van der Waals surface area contributed by atoms with Gasteiger partial charge in [-0.15, -0.1) is 0 Å². The van der Waals surface area contributed by atoms with Crippen LogP contribution in [0.25, 0.3) is 0 Å². The van der Waals surface area contributed by atoms with Crippen LogP contribution in [0.1, 0.15) is 0 Å². The van der Waals surface area contributed by atoms with Gasteiger partial charge in [0, 0.05) is 0 Å². The molecule has 0 fully saturated rings. The molecule has 3 nitrogen and oxygen atoms in total. The van der Waals surface area contributed by atoms with Crippen LogP contribution < -0.4 is 5.73 Å². The van der Waals surface area contributed by atoms with E-state index in [0.717, 1.165) is 0 Å². The molecule has 0 aliphatic heterocycles. The summed E-state index contributed by atoms with van der Waals surface area (Å²) in [6.45, 7) is -0.806. The molecule has 0 aliphatic carbocycles. The maximum Gasteiger partial charge on any atom is 0.173 e. The Hall–Kier alpha value is -0.410. The van der Waals surface area contributed by atoms with Crippen LogP contribution in [0.3, 0.4) is 0 Å². The van der Waals surface area contributed by atoms with E-state index in [1.807, 2.05) is 0 Å². The predicted octanol–water partition coefficient (Wildman–Crippen LogP) is -1.17. The molecule has 0 saturated carbocycles. The summed E-state index contributed by atoms with van der Waals surface area (Å²) >= 11 is 0. The normalized spacial score (nSPS) is 8.33. The third-order valence-corrected chi connectivity index (χ3v) is 0.374. The maximum absolute atomic E-state index is 9.74. The first kappa shape index (κ1) is 5.59. The van der Waals surface area contributed by atoms with Gasteiger partial charge in [-0.1, -0.05) is 0 Å². The summed E-state index contributed by atoms with van der Waals surface area (Å²) < 4.78 is 0. The molecule has 0 aromatic heterocycles. The summed E-state index contributed by atoms with van der Waals surface area (Å²) in [4.78, 5) is 9.74. The van der Waals surface area contributed by atoms with Crippen LogP contribution >= 0.6 is 0 Å². The van der Waals surface area contributed by atoms with Gasteiger partial charge in [-0.25, -0.2) is 5.73 Å². The Morgan fingerprint density at radius 3 is 2.33 bits per heavy atom. The van der Waals surface area contributed by atoms with Crippen molar-refractivity contribution in [1.82, 2.24) is 5.73 Å². The molecule has 6 heavy (non-hydrogen) atoms. The van der Waals surface area contributed by atoms with Crippen molar-refractivity contribution in [1.29, 1.82) is 0 Å². The first-order chi connectivity index (χ1) is 2.81. The largest absolute Gasteiger partial charge is 0.389 e. The fraction of sp³-hybridized carbons (Fsp3) is 0.667. The molecule has 35 valence electrons. The van der Waals surface area contributed by atoms with Gasteiger partial charge < -0.3 is 5.11 Å². The summed E-state index contributed by atoms with van der Waals surface area (Å²) in [5.74, 6) is -0.435. The Morgan fingerprint density at radius 1 is 1.83 bits per heavy atom. The maximum atomic E-state index is 9.74. The van der Waals surface area contributed by atoms with E-state index in [2.05, 4.69) is 0 Å². The molecule has 0 rings (SSSR count). The molecule has 0 aliphatic rings. The number of ketones is 1. The van der Waals surface area contributed by atoms with Gasteiger partial charge in [-0.05, 0) is 0 Å². The average Bonchev–Trinajstić information content (AvgIpc) is 1.65. The van der Waals surface area contributed by atoms with Gasteiger partial charge in [0.2, 0.25) is 0 Å². The van der Waals surface area contributed by atoms with E-state index in [0.29, 0.717) is 0 Å². The highest BCUT2D eigenvalue weighted by Crippen LogP contribution is 1.58. The van der Waals surface area contributed by atoms with Gasteiger partial charge in [0.25, 0.3) is 0 Å². The van der Waals surface area contributed by atoms with Crippen LogP contribution in [-0.2, 0) is 4.79 Å². The molecule has 0 aromatic carbocycles. The van der Waals surface area contributed by atoms with E-state index >= 15 is 0 Å². The van der Waals surface area contributed by atoms with Crippen molar-refractivity contribution in [2.24, 2.45) is 0 Å². The lowest BCUT2D eigenvalue weighted by atomic mass is 10.4. The van der Waals surface area contributed by atoms with Crippen LogP contribution in [0, 0.1) is 0 Å². The fourth-order valence-electron chi connectivity index (χ4n) is 0.0559. The van der Waals surface area contributed by atoms with E-state index < -0.39 is 12.4 Å². The average molecular weight is 88.1 g/mol. The Balaban J connectivity index is 2.99. The number of hydrogen-bond acceptors (Lipinski definition) is 2. The van der Waals surface area contributed by atoms with Gasteiger partial charge >= 0.3 is 0 Å². The van der Waals surface area contributed by atoms with Crippen molar-refractivity contribution in [2.75, 3.05) is 13.2 Å². The zero-order valence-electron chi connectivity index (χ0n) is 3.27. The fourth-order valence-corrected chi connectivity index (χ4v) is 0.0559. The van der Waals surface area contributed by atoms with Crippen LogP contribution in [0.15, 0.2) is 0 Å². The minimum Gasteiger partial charge on any atom is -0.389 e.